The minimum absolute atomic E-state index is 0.0137. The quantitative estimate of drug-likeness (QED) is 0.673. The van der Waals surface area contributed by atoms with Crippen molar-refractivity contribution in [2.45, 2.75) is 18.9 Å². The summed E-state index contributed by atoms with van der Waals surface area (Å²) in [6, 6.07) is 4.52. The van der Waals surface area contributed by atoms with Gasteiger partial charge in [-0.3, -0.25) is 10.1 Å². The summed E-state index contributed by atoms with van der Waals surface area (Å²) in [4.78, 5) is 20.7. The second-order valence-electron chi connectivity index (χ2n) is 5.09. The minimum atomic E-state index is -0.683. The lowest BCUT2D eigenvalue weighted by Gasteiger charge is -2.47. The summed E-state index contributed by atoms with van der Waals surface area (Å²) >= 11 is 0. The molecule has 2 heterocycles. The van der Waals surface area contributed by atoms with Crippen LogP contribution in [0, 0.1) is 10.1 Å². The zero-order valence-electron chi connectivity index (χ0n) is 11.0. The summed E-state index contributed by atoms with van der Waals surface area (Å²) in [5.74, 6) is 0.636. The summed E-state index contributed by atoms with van der Waals surface area (Å²) in [5, 5.41) is 21.6. The predicted octanol–water partition coefficient (Wildman–Crippen LogP) is 1.50. The number of nitro groups is 1. The van der Waals surface area contributed by atoms with E-state index in [-0.39, 0.29) is 5.69 Å². The van der Waals surface area contributed by atoms with Crippen molar-refractivity contribution < 1.29 is 10.0 Å². The first-order valence-corrected chi connectivity index (χ1v) is 6.39. The molecule has 1 aliphatic heterocycles. The average molecular weight is 274 g/mol. The largest absolute Gasteiger partial charge is 0.386 e. The van der Waals surface area contributed by atoms with E-state index < -0.39 is 10.5 Å². The number of β-amino-alcohol motifs (C(OH)–C–C–N with tert-alkyl or cyclic N) is 1. The molecule has 7 nitrogen and oxygen atoms in total. The highest BCUT2D eigenvalue weighted by molar-refractivity contribution is 5.91. The first kappa shape index (κ1) is 12.7. The topological polar surface area (TPSA) is 92.4 Å². The fourth-order valence-electron chi connectivity index (χ4n) is 2.43. The van der Waals surface area contributed by atoms with E-state index in [1.165, 1.54) is 18.5 Å². The van der Waals surface area contributed by atoms with E-state index in [9.17, 15) is 15.2 Å². The van der Waals surface area contributed by atoms with Gasteiger partial charge in [0, 0.05) is 30.6 Å². The predicted molar refractivity (Wildman–Crippen MR) is 73.6 cm³/mol. The molecule has 104 valence electrons. The van der Waals surface area contributed by atoms with E-state index in [2.05, 4.69) is 9.97 Å². The van der Waals surface area contributed by atoms with Gasteiger partial charge in [-0.15, -0.1) is 0 Å². The molecule has 20 heavy (non-hydrogen) atoms. The Hall–Kier alpha value is -2.28. The summed E-state index contributed by atoms with van der Waals surface area (Å²) in [6.07, 6.45) is 2.11. The molecular formula is C13H14N4O3. The Balaban J connectivity index is 2.03. The highest BCUT2D eigenvalue weighted by Gasteiger charge is 2.40. The van der Waals surface area contributed by atoms with Gasteiger partial charge < -0.3 is 10.0 Å². The van der Waals surface area contributed by atoms with E-state index >= 15 is 0 Å². The van der Waals surface area contributed by atoms with Gasteiger partial charge in [0.15, 0.2) is 0 Å². The Morgan fingerprint density at radius 1 is 1.45 bits per heavy atom. The molecule has 0 saturated carbocycles. The molecule has 7 heteroatoms. The third-order valence-electron chi connectivity index (χ3n) is 3.74. The fourth-order valence-corrected chi connectivity index (χ4v) is 2.43. The number of anilines is 1. The number of nitro benzene ring substituents is 1. The van der Waals surface area contributed by atoms with E-state index in [4.69, 9.17) is 0 Å². The Morgan fingerprint density at radius 3 is 2.85 bits per heavy atom. The molecule has 3 rings (SSSR count). The number of fused-ring (bicyclic) bond motifs is 1. The number of hydrogen-bond donors (Lipinski definition) is 1. The van der Waals surface area contributed by atoms with Gasteiger partial charge >= 0.3 is 0 Å². The molecular weight excluding hydrogens is 260 g/mol. The molecule has 1 N–H and O–H groups in total. The maximum atomic E-state index is 10.9. The Bertz CT molecular complexity index is 682. The molecule has 0 atom stereocenters. The second kappa shape index (κ2) is 4.38. The van der Waals surface area contributed by atoms with Crippen LogP contribution in [0.3, 0.4) is 0 Å². The van der Waals surface area contributed by atoms with Crippen LogP contribution >= 0.6 is 0 Å². The van der Waals surface area contributed by atoms with Gasteiger partial charge in [-0.25, -0.2) is 9.97 Å². The van der Waals surface area contributed by atoms with Gasteiger partial charge in [-0.1, -0.05) is 6.92 Å². The average Bonchev–Trinajstić information content (AvgIpc) is 2.42. The third kappa shape index (κ3) is 1.96. The van der Waals surface area contributed by atoms with Gasteiger partial charge in [-0.2, -0.15) is 0 Å². The molecule has 0 aliphatic carbocycles. The van der Waals surface area contributed by atoms with E-state index in [1.807, 2.05) is 11.8 Å². The first-order valence-electron chi connectivity index (χ1n) is 6.39. The molecule has 1 fully saturated rings. The Labute approximate surface area is 115 Å². The van der Waals surface area contributed by atoms with Crippen LogP contribution < -0.4 is 4.90 Å². The van der Waals surface area contributed by atoms with Gasteiger partial charge in [0.25, 0.3) is 5.69 Å². The summed E-state index contributed by atoms with van der Waals surface area (Å²) in [6.45, 7) is 2.90. The van der Waals surface area contributed by atoms with Crippen molar-refractivity contribution in [3.63, 3.8) is 0 Å². The Kier molecular flexibility index (Phi) is 2.79. The molecule has 2 aromatic rings. The molecule has 0 spiro atoms. The molecule has 1 aliphatic rings. The van der Waals surface area contributed by atoms with Crippen LogP contribution in [0.15, 0.2) is 24.5 Å². The summed E-state index contributed by atoms with van der Waals surface area (Å²) in [5.41, 5.74) is -0.00907. The van der Waals surface area contributed by atoms with Crippen LogP contribution in [0.25, 0.3) is 10.9 Å². The third-order valence-corrected chi connectivity index (χ3v) is 3.74. The number of nitrogens with zero attached hydrogens (tertiary/aromatic N) is 4. The lowest BCUT2D eigenvalue weighted by molar-refractivity contribution is -0.384. The number of aromatic nitrogens is 2. The smallest absolute Gasteiger partial charge is 0.270 e. The number of aliphatic hydroxyl groups is 1. The number of rotatable bonds is 3. The molecule has 1 saturated heterocycles. The first-order chi connectivity index (χ1) is 9.52. The molecule has 0 bridgehead atoms. The van der Waals surface area contributed by atoms with Crippen LogP contribution in [-0.2, 0) is 0 Å². The Morgan fingerprint density at radius 2 is 2.20 bits per heavy atom. The van der Waals surface area contributed by atoms with Crippen molar-refractivity contribution in [1.82, 2.24) is 9.97 Å². The monoisotopic (exact) mass is 274 g/mol. The van der Waals surface area contributed by atoms with E-state index in [1.54, 1.807) is 6.07 Å². The van der Waals surface area contributed by atoms with Crippen molar-refractivity contribution in [1.29, 1.82) is 0 Å². The van der Waals surface area contributed by atoms with Gasteiger partial charge in [0.05, 0.1) is 16.0 Å². The fraction of sp³-hybridized carbons (Fsp3) is 0.385. The standard InChI is InChI=1S/C13H14N4O3/c1-2-13(18)6-16(7-13)12-10-5-9(17(19)20)3-4-11(10)14-8-15-12/h3-5,8,18H,2,6-7H2,1H3. The number of benzene rings is 1. The summed E-state index contributed by atoms with van der Waals surface area (Å²) in [7, 11) is 0. The van der Waals surface area contributed by atoms with Crippen LogP contribution in [0.2, 0.25) is 0 Å². The van der Waals surface area contributed by atoms with Crippen molar-refractivity contribution in [3.05, 3.63) is 34.6 Å². The maximum absolute atomic E-state index is 10.9. The molecule has 0 unspecified atom stereocenters. The second-order valence-corrected chi connectivity index (χ2v) is 5.09. The van der Waals surface area contributed by atoms with Crippen LogP contribution in [0.4, 0.5) is 11.5 Å². The van der Waals surface area contributed by atoms with Gasteiger partial charge in [0.2, 0.25) is 0 Å². The lowest BCUT2D eigenvalue weighted by atomic mass is 9.91. The van der Waals surface area contributed by atoms with Crippen molar-refractivity contribution in [2.24, 2.45) is 0 Å². The van der Waals surface area contributed by atoms with Crippen molar-refractivity contribution >= 4 is 22.4 Å². The van der Waals surface area contributed by atoms with Crippen LogP contribution in [0.5, 0.6) is 0 Å². The SMILES string of the molecule is CCC1(O)CN(c2ncnc3ccc([N+](=O)[O-])cc23)C1. The lowest BCUT2D eigenvalue weighted by Crippen LogP contribution is -2.61. The zero-order valence-corrected chi connectivity index (χ0v) is 11.0. The van der Waals surface area contributed by atoms with Crippen molar-refractivity contribution in [3.8, 4) is 0 Å². The minimum Gasteiger partial charge on any atom is -0.386 e. The van der Waals surface area contributed by atoms with Gasteiger partial charge in [-0.05, 0) is 12.5 Å². The molecule has 1 aromatic carbocycles. The molecule has 0 amide bonds. The number of hydrogen-bond acceptors (Lipinski definition) is 6. The van der Waals surface area contributed by atoms with Crippen LogP contribution in [0.1, 0.15) is 13.3 Å². The highest BCUT2D eigenvalue weighted by Crippen LogP contribution is 2.33. The molecule has 0 radical (unpaired) electrons. The molecule has 1 aromatic heterocycles. The number of non-ortho nitro benzene ring substituents is 1. The van der Waals surface area contributed by atoms with E-state index in [0.717, 1.165) is 0 Å². The summed E-state index contributed by atoms with van der Waals surface area (Å²) < 4.78 is 0. The maximum Gasteiger partial charge on any atom is 0.270 e. The zero-order chi connectivity index (χ0) is 14.3. The van der Waals surface area contributed by atoms with Gasteiger partial charge in [0.1, 0.15) is 12.1 Å². The van der Waals surface area contributed by atoms with E-state index in [0.29, 0.717) is 36.2 Å². The normalized spacial score (nSPS) is 17.0. The van der Waals surface area contributed by atoms with Crippen LogP contribution in [-0.4, -0.2) is 38.7 Å². The van der Waals surface area contributed by atoms with Crippen molar-refractivity contribution in [2.75, 3.05) is 18.0 Å². The highest BCUT2D eigenvalue weighted by atomic mass is 16.6.